The van der Waals surface area contributed by atoms with E-state index in [9.17, 15) is 0 Å². The molecular formula is C15H22N2OS. The van der Waals surface area contributed by atoms with Crippen LogP contribution in [0.15, 0.2) is 36.9 Å². The third-order valence-corrected chi connectivity index (χ3v) is 2.71. The summed E-state index contributed by atoms with van der Waals surface area (Å²) in [4.78, 5) is 0. The monoisotopic (exact) mass is 278 g/mol. The van der Waals surface area contributed by atoms with Crippen molar-refractivity contribution < 1.29 is 4.74 Å². The van der Waals surface area contributed by atoms with Gasteiger partial charge in [-0.2, -0.15) is 0 Å². The molecule has 0 fully saturated rings. The molecule has 0 aliphatic rings. The molecule has 0 aliphatic carbocycles. The van der Waals surface area contributed by atoms with Gasteiger partial charge < -0.3 is 15.4 Å². The van der Waals surface area contributed by atoms with Crippen LogP contribution in [0.4, 0.5) is 5.69 Å². The van der Waals surface area contributed by atoms with Crippen LogP contribution in [0, 0.1) is 5.92 Å². The first-order chi connectivity index (χ1) is 9.11. The van der Waals surface area contributed by atoms with Crippen LogP contribution in [0.2, 0.25) is 0 Å². The molecule has 104 valence electrons. The Morgan fingerprint density at radius 1 is 1.47 bits per heavy atom. The van der Waals surface area contributed by atoms with Gasteiger partial charge in [-0.25, -0.2) is 0 Å². The van der Waals surface area contributed by atoms with Crippen molar-refractivity contribution in [2.75, 3.05) is 18.5 Å². The van der Waals surface area contributed by atoms with Crippen molar-refractivity contribution in [1.82, 2.24) is 5.32 Å². The fourth-order valence-corrected chi connectivity index (χ4v) is 1.69. The van der Waals surface area contributed by atoms with Gasteiger partial charge in [-0.3, -0.25) is 0 Å². The lowest BCUT2D eigenvalue weighted by atomic mass is 10.1. The van der Waals surface area contributed by atoms with Crippen LogP contribution in [-0.2, 0) is 0 Å². The fraction of sp³-hybridized carbons (Fsp3) is 0.400. The second-order valence-electron chi connectivity index (χ2n) is 4.69. The van der Waals surface area contributed by atoms with E-state index >= 15 is 0 Å². The Labute approximate surface area is 121 Å². The van der Waals surface area contributed by atoms with Crippen molar-refractivity contribution in [1.29, 1.82) is 0 Å². The average molecular weight is 278 g/mol. The summed E-state index contributed by atoms with van der Waals surface area (Å²) in [6, 6.07) is 7.71. The van der Waals surface area contributed by atoms with Crippen molar-refractivity contribution in [3.05, 3.63) is 36.9 Å². The van der Waals surface area contributed by atoms with E-state index in [1.54, 1.807) is 6.08 Å². The highest BCUT2D eigenvalue weighted by atomic mass is 32.1. The van der Waals surface area contributed by atoms with Crippen molar-refractivity contribution in [3.63, 3.8) is 0 Å². The number of hydrogen-bond acceptors (Lipinski definition) is 2. The highest BCUT2D eigenvalue weighted by Gasteiger charge is 2.00. The maximum Gasteiger partial charge on any atom is 0.170 e. The molecule has 0 bridgehead atoms. The van der Waals surface area contributed by atoms with E-state index in [0.717, 1.165) is 24.4 Å². The zero-order chi connectivity index (χ0) is 14.1. The zero-order valence-corrected chi connectivity index (χ0v) is 12.4. The molecule has 0 aliphatic heterocycles. The lowest BCUT2D eigenvalue weighted by molar-refractivity contribution is 0.363. The number of hydrogen-bond donors (Lipinski definition) is 2. The quantitative estimate of drug-likeness (QED) is 0.590. The van der Waals surface area contributed by atoms with Crippen molar-refractivity contribution in [2.24, 2.45) is 5.92 Å². The van der Waals surface area contributed by atoms with Gasteiger partial charge in [-0.1, -0.05) is 32.6 Å². The first-order valence-corrected chi connectivity index (χ1v) is 6.91. The maximum absolute atomic E-state index is 5.47. The third kappa shape index (κ3) is 6.82. The molecule has 0 radical (unpaired) electrons. The number of ether oxygens (including phenoxy) is 1. The smallest absolute Gasteiger partial charge is 0.170 e. The standard InChI is InChI=1S/C15H22N2OS/c1-4-10-18-14-7-5-6-13(11-14)17-15(19)16-9-8-12(2)3/h4-7,11-12H,1,8-10H2,2-3H3,(H2,16,17,19). The summed E-state index contributed by atoms with van der Waals surface area (Å²) >= 11 is 5.24. The maximum atomic E-state index is 5.47. The zero-order valence-electron chi connectivity index (χ0n) is 11.6. The van der Waals surface area contributed by atoms with Gasteiger partial charge in [0.2, 0.25) is 0 Å². The van der Waals surface area contributed by atoms with Crippen LogP contribution in [0.5, 0.6) is 5.75 Å². The summed E-state index contributed by atoms with van der Waals surface area (Å²) in [6.07, 6.45) is 2.82. The molecule has 1 aromatic rings. The predicted molar refractivity (Wildman–Crippen MR) is 85.8 cm³/mol. The Morgan fingerprint density at radius 2 is 2.26 bits per heavy atom. The third-order valence-electron chi connectivity index (χ3n) is 2.47. The van der Waals surface area contributed by atoms with Gasteiger partial charge >= 0.3 is 0 Å². The summed E-state index contributed by atoms with van der Waals surface area (Å²) in [6.45, 7) is 9.39. The molecule has 3 nitrogen and oxygen atoms in total. The van der Waals surface area contributed by atoms with Crippen LogP contribution in [-0.4, -0.2) is 18.3 Å². The highest BCUT2D eigenvalue weighted by Crippen LogP contribution is 2.17. The Balaban J connectivity index is 2.42. The van der Waals surface area contributed by atoms with Crippen molar-refractivity contribution in [3.8, 4) is 5.75 Å². The van der Waals surface area contributed by atoms with E-state index in [4.69, 9.17) is 17.0 Å². The number of nitrogens with one attached hydrogen (secondary N) is 2. The summed E-state index contributed by atoms with van der Waals surface area (Å²) in [5, 5.41) is 6.98. The lowest BCUT2D eigenvalue weighted by Gasteiger charge is -2.12. The topological polar surface area (TPSA) is 33.3 Å². The molecule has 0 amide bonds. The molecule has 0 saturated heterocycles. The molecule has 19 heavy (non-hydrogen) atoms. The molecule has 1 rings (SSSR count). The normalized spacial score (nSPS) is 10.1. The summed E-state index contributed by atoms with van der Waals surface area (Å²) in [5.41, 5.74) is 0.920. The molecule has 0 atom stereocenters. The summed E-state index contributed by atoms with van der Waals surface area (Å²) in [5.74, 6) is 1.47. The van der Waals surface area contributed by atoms with E-state index in [2.05, 4.69) is 31.1 Å². The van der Waals surface area contributed by atoms with Crippen LogP contribution in [0.25, 0.3) is 0 Å². The Hall–Kier alpha value is -1.55. The second-order valence-corrected chi connectivity index (χ2v) is 5.10. The summed E-state index contributed by atoms with van der Waals surface area (Å²) in [7, 11) is 0. The Morgan fingerprint density at radius 3 is 2.95 bits per heavy atom. The lowest BCUT2D eigenvalue weighted by Crippen LogP contribution is -2.29. The molecule has 0 saturated carbocycles. The van der Waals surface area contributed by atoms with E-state index in [-0.39, 0.29) is 0 Å². The highest BCUT2D eigenvalue weighted by molar-refractivity contribution is 7.80. The van der Waals surface area contributed by atoms with Crippen LogP contribution < -0.4 is 15.4 Å². The molecular weight excluding hydrogens is 256 g/mol. The number of thiocarbonyl (C=S) groups is 1. The minimum absolute atomic E-state index is 0.501. The molecule has 1 aromatic carbocycles. The number of benzene rings is 1. The number of rotatable bonds is 7. The second kappa shape index (κ2) is 8.53. The fourth-order valence-electron chi connectivity index (χ4n) is 1.47. The molecule has 4 heteroatoms. The van der Waals surface area contributed by atoms with Gasteiger partial charge in [0.15, 0.2) is 5.11 Å². The van der Waals surface area contributed by atoms with Crippen molar-refractivity contribution >= 4 is 23.0 Å². The van der Waals surface area contributed by atoms with E-state index < -0.39 is 0 Å². The van der Waals surface area contributed by atoms with Gasteiger partial charge in [0.1, 0.15) is 12.4 Å². The molecule has 0 spiro atoms. The van der Waals surface area contributed by atoms with E-state index in [1.807, 2.05) is 24.3 Å². The predicted octanol–water partition coefficient (Wildman–Crippen LogP) is 3.58. The first-order valence-electron chi connectivity index (χ1n) is 6.50. The molecule has 0 heterocycles. The average Bonchev–Trinajstić information content (AvgIpc) is 2.36. The molecule has 0 aromatic heterocycles. The minimum Gasteiger partial charge on any atom is -0.489 e. The first kappa shape index (κ1) is 15.5. The van der Waals surface area contributed by atoms with Crippen LogP contribution in [0.1, 0.15) is 20.3 Å². The Kier molecular flexibility index (Phi) is 6.97. The van der Waals surface area contributed by atoms with Gasteiger partial charge in [-0.05, 0) is 36.7 Å². The van der Waals surface area contributed by atoms with Gasteiger partial charge in [0, 0.05) is 18.3 Å². The van der Waals surface area contributed by atoms with Gasteiger partial charge in [-0.15, -0.1) is 0 Å². The molecule has 0 unspecified atom stereocenters. The molecule has 2 N–H and O–H groups in total. The van der Waals surface area contributed by atoms with Crippen LogP contribution >= 0.6 is 12.2 Å². The van der Waals surface area contributed by atoms with Crippen molar-refractivity contribution in [2.45, 2.75) is 20.3 Å². The van der Waals surface area contributed by atoms with Gasteiger partial charge in [0.25, 0.3) is 0 Å². The largest absolute Gasteiger partial charge is 0.489 e. The minimum atomic E-state index is 0.501. The Bertz CT molecular complexity index is 418. The van der Waals surface area contributed by atoms with E-state index in [0.29, 0.717) is 17.6 Å². The van der Waals surface area contributed by atoms with Gasteiger partial charge in [0.05, 0.1) is 0 Å². The van der Waals surface area contributed by atoms with E-state index in [1.165, 1.54) is 0 Å². The number of anilines is 1. The summed E-state index contributed by atoms with van der Waals surface area (Å²) < 4.78 is 5.47. The SMILES string of the molecule is C=CCOc1cccc(NC(=S)NCCC(C)C)c1. The van der Waals surface area contributed by atoms with Crippen LogP contribution in [0.3, 0.4) is 0 Å².